The monoisotopic (exact) mass is 405 g/mol. The average Bonchev–Trinajstić information content (AvgIpc) is 3.54. The highest BCUT2D eigenvalue weighted by molar-refractivity contribution is 5.80. The van der Waals surface area contributed by atoms with E-state index < -0.39 is 0 Å². The summed E-state index contributed by atoms with van der Waals surface area (Å²) in [6.07, 6.45) is 5.34. The maximum absolute atomic E-state index is 4.49. The van der Waals surface area contributed by atoms with E-state index >= 15 is 0 Å². The van der Waals surface area contributed by atoms with Crippen LogP contribution in [-0.2, 0) is 6.54 Å². The van der Waals surface area contributed by atoms with Gasteiger partial charge in [0, 0.05) is 50.9 Å². The highest BCUT2D eigenvalue weighted by Crippen LogP contribution is 2.41. The number of aliphatic imine (C=N–C) groups is 1. The van der Waals surface area contributed by atoms with Gasteiger partial charge in [-0.2, -0.15) is 0 Å². The van der Waals surface area contributed by atoms with Crippen molar-refractivity contribution in [3.05, 3.63) is 65.5 Å². The highest BCUT2D eigenvalue weighted by atomic mass is 15.2. The van der Waals surface area contributed by atoms with Crippen molar-refractivity contribution in [2.24, 2.45) is 4.99 Å². The molecule has 1 aromatic heterocycles. The van der Waals surface area contributed by atoms with Gasteiger partial charge >= 0.3 is 0 Å². The molecule has 2 atom stereocenters. The molecule has 4 rings (SSSR count). The third-order valence-electron chi connectivity index (χ3n) is 6.41. The summed E-state index contributed by atoms with van der Waals surface area (Å²) in [5, 5.41) is 7.29. The van der Waals surface area contributed by atoms with Crippen LogP contribution in [0.15, 0.2) is 53.7 Å². The first kappa shape index (κ1) is 20.9. The van der Waals surface area contributed by atoms with E-state index in [1.807, 2.05) is 19.3 Å². The number of guanidine groups is 1. The largest absolute Gasteiger partial charge is 0.354 e. The predicted octanol–water partition coefficient (Wildman–Crippen LogP) is 3.89. The minimum Gasteiger partial charge on any atom is -0.354 e. The van der Waals surface area contributed by atoms with E-state index in [-0.39, 0.29) is 0 Å². The average molecular weight is 406 g/mol. The Kier molecular flexibility index (Phi) is 6.68. The van der Waals surface area contributed by atoms with Gasteiger partial charge in [-0.15, -0.1) is 0 Å². The van der Waals surface area contributed by atoms with Gasteiger partial charge in [-0.3, -0.25) is 14.9 Å². The quantitative estimate of drug-likeness (QED) is 0.565. The summed E-state index contributed by atoms with van der Waals surface area (Å²) < 4.78 is 0. The van der Waals surface area contributed by atoms with Crippen LogP contribution in [0.25, 0.3) is 0 Å². The van der Waals surface area contributed by atoms with Gasteiger partial charge in [0.1, 0.15) is 0 Å². The lowest BCUT2D eigenvalue weighted by Crippen LogP contribution is -2.49. The first-order valence-corrected chi connectivity index (χ1v) is 11.3. The molecule has 1 saturated carbocycles. The van der Waals surface area contributed by atoms with E-state index in [0.717, 1.165) is 44.1 Å². The van der Waals surface area contributed by atoms with Crippen LogP contribution < -0.4 is 10.6 Å². The lowest BCUT2D eigenvalue weighted by Gasteiger charge is -2.32. The maximum atomic E-state index is 4.49. The lowest BCUT2D eigenvalue weighted by atomic mass is 10.0. The molecule has 2 aliphatic rings. The number of likely N-dealkylation sites (tertiary alicyclic amines) is 1. The molecule has 1 saturated heterocycles. The topological polar surface area (TPSA) is 52.6 Å². The second-order valence-corrected chi connectivity index (χ2v) is 9.00. The fraction of sp³-hybridized carbons (Fsp3) is 0.520. The van der Waals surface area contributed by atoms with Crippen molar-refractivity contribution < 1.29 is 0 Å². The number of aromatic nitrogens is 1. The molecule has 2 heterocycles. The summed E-state index contributed by atoms with van der Waals surface area (Å²) in [7, 11) is 1.88. The van der Waals surface area contributed by atoms with Crippen LogP contribution in [0.3, 0.4) is 0 Å². The fourth-order valence-electron chi connectivity index (χ4n) is 4.35. The Bertz CT molecular complexity index is 822. The van der Waals surface area contributed by atoms with E-state index in [0.29, 0.717) is 23.9 Å². The Hall–Kier alpha value is -2.40. The molecule has 5 nitrogen and oxygen atoms in total. The number of nitrogens with zero attached hydrogens (tertiary/aromatic N) is 3. The van der Waals surface area contributed by atoms with Crippen LogP contribution in [0.4, 0.5) is 0 Å². The van der Waals surface area contributed by atoms with E-state index in [1.54, 1.807) is 0 Å². The Morgan fingerprint density at radius 2 is 1.87 bits per heavy atom. The van der Waals surface area contributed by atoms with E-state index in [4.69, 9.17) is 0 Å². The predicted molar refractivity (Wildman–Crippen MR) is 124 cm³/mol. The minimum atomic E-state index is 0.485. The van der Waals surface area contributed by atoms with Crippen molar-refractivity contribution >= 4 is 5.96 Å². The smallest absolute Gasteiger partial charge is 0.191 e. The molecule has 0 bridgehead atoms. The van der Waals surface area contributed by atoms with Crippen molar-refractivity contribution in [3.8, 4) is 0 Å². The van der Waals surface area contributed by atoms with Gasteiger partial charge in [0.15, 0.2) is 5.96 Å². The molecule has 1 aliphatic carbocycles. The molecule has 2 aromatic rings. The van der Waals surface area contributed by atoms with Gasteiger partial charge in [-0.1, -0.05) is 44.2 Å². The molecule has 30 heavy (non-hydrogen) atoms. The van der Waals surface area contributed by atoms with Crippen LogP contribution >= 0.6 is 0 Å². The number of pyridine rings is 1. The number of benzene rings is 1. The zero-order valence-electron chi connectivity index (χ0n) is 18.5. The molecule has 1 aromatic carbocycles. The number of piperidine rings is 1. The summed E-state index contributed by atoms with van der Waals surface area (Å²) in [5.41, 5.74) is 4.01. The van der Waals surface area contributed by atoms with E-state index in [1.165, 1.54) is 17.5 Å². The molecule has 160 valence electrons. The second-order valence-electron chi connectivity index (χ2n) is 9.00. The Morgan fingerprint density at radius 1 is 1.10 bits per heavy atom. The molecule has 2 N–H and O–H groups in total. The minimum absolute atomic E-state index is 0.485. The van der Waals surface area contributed by atoms with Gasteiger partial charge in [0.25, 0.3) is 0 Å². The number of hydrogen-bond acceptors (Lipinski definition) is 3. The summed E-state index contributed by atoms with van der Waals surface area (Å²) in [5.74, 6) is 2.14. The van der Waals surface area contributed by atoms with Gasteiger partial charge in [-0.25, -0.2) is 0 Å². The fourth-order valence-corrected chi connectivity index (χ4v) is 4.35. The molecule has 2 fully saturated rings. The van der Waals surface area contributed by atoms with Crippen LogP contribution in [0.5, 0.6) is 0 Å². The number of hydrogen-bond donors (Lipinski definition) is 2. The van der Waals surface area contributed by atoms with Crippen LogP contribution in [0.1, 0.15) is 61.8 Å². The SMILES string of the molecule is CN=C(NC1CCN(Cc2ccccn2)CC1)NC1CC1c1ccc(C(C)C)cc1. The van der Waals surface area contributed by atoms with Crippen molar-refractivity contribution in [1.82, 2.24) is 20.5 Å². The van der Waals surface area contributed by atoms with Crippen LogP contribution in [-0.4, -0.2) is 48.1 Å². The summed E-state index contributed by atoms with van der Waals surface area (Å²) in [4.78, 5) is 11.4. The van der Waals surface area contributed by atoms with Crippen LogP contribution in [0.2, 0.25) is 0 Å². The van der Waals surface area contributed by atoms with Gasteiger partial charge in [0.2, 0.25) is 0 Å². The van der Waals surface area contributed by atoms with Crippen molar-refractivity contribution in [2.75, 3.05) is 20.1 Å². The van der Waals surface area contributed by atoms with Gasteiger partial charge < -0.3 is 10.6 Å². The molecule has 0 amide bonds. The molecule has 5 heteroatoms. The third kappa shape index (κ3) is 5.39. The first-order valence-electron chi connectivity index (χ1n) is 11.3. The molecular formula is C25H35N5. The summed E-state index contributed by atoms with van der Waals surface area (Å²) >= 11 is 0. The normalized spacial score (nSPS) is 22.9. The zero-order valence-corrected chi connectivity index (χ0v) is 18.5. The highest BCUT2D eigenvalue weighted by Gasteiger charge is 2.39. The Balaban J connectivity index is 1.21. The second kappa shape index (κ2) is 9.61. The van der Waals surface area contributed by atoms with Crippen molar-refractivity contribution in [1.29, 1.82) is 0 Å². The number of nitrogens with one attached hydrogen (secondary N) is 2. The molecule has 1 aliphatic heterocycles. The van der Waals surface area contributed by atoms with Gasteiger partial charge in [-0.05, 0) is 48.4 Å². The first-order chi connectivity index (χ1) is 14.6. The van der Waals surface area contributed by atoms with Crippen LogP contribution in [0, 0.1) is 0 Å². The van der Waals surface area contributed by atoms with Gasteiger partial charge in [0.05, 0.1) is 5.69 Å². The summed E-state index contributed by atoms with van der Waals surface area (Å²) in [6, 6.07) is 16.3. The number of rotatable bonds is 6. The zero-order chi connectivity index (χ0) is 20.9. The van der Waals surface area contributed by atoms with Crippen molar-refractivity contribution in [2.45, 2.75) is 63.6 Å². The molecule has 0 radical (unpaired) electrons. The Labute approximate surface area is 181 Å². The maximum Gasteiger partial charge on any atom is 0.191 e. The Morgan fingerprint density at radius 3 is 2.50 bits per heavy atom. The lowest BCUT2D eigenvalue weighted by molar-refractivity contribution is 0.196. The van der Waals surface area contributed by atoms with E-state index in [9.17, 15) is 0 Å². The standard InChI is InChI=1S/C25H35N5/c1-18(2)19-7-9-20(10-8-19)23-16-24(23)29-25(26-3)28-21-11-14-30(15-12-21)17-22-6-4-5-13-27-22/h4-10,13,18,21,23-24H,11-12,14-17H2,1-3H3,(H2,26,28,29). The van der Waals surface area contributed by atoms with E-state index in [2.05, 4.69) is 75.8 Å². The summed E-state index contributed by atoms with van der Waals surface area (Å²) in [6.45, 7) is 7.63. The molecule has 0 spiro atoms. The molecular weight excluding hydrogens is 370 g/mol. The molecule has 2 unspecified atom stereocenters. The third-order valence-corrected chi connectivity index (χ3v) is 6.41. The van der Waals surface area contributed by atoms with Crippen molar-refractivity contribution in [3.63, 3.8) is 0 Å².